The van der Waals surface area contributed by atoms with E-state index in [0.29, 0.717) is 0 Å². The summed E-state index contributed by atoms with van der Waals surface area (Å²) < 4.78 is 9.12. The molecule has 0 aliphatic heterocycles. The van der Waals surface area contributed by atoms with Crippen molar-refractivity contribution in [1.29, 1.82) is 0 Å². The Morgan fingerprint density at radius 3 is 1.54 bits per heavy atom. The van der Waals surface area contributed by atoms with Gasteiger partial charge in [0.05, 0.1) is 22.4 Å². The van der Waals surface area contributed by atoms with Crippen LogP contribution in [-0.4, -0.2) is 4.57 Å². The Hall–Kier alpha value is -8.40. The van der Waals surface area contributed by atoms with E-state index >= 15 is 0 Å². The van der Waals surface area contributed by atoms with Crippen molar-refractivity contribution in [2.75, 3.05) is 4.90 Å². The van der Waals surface area contributed by atoms with Crippen molar-refractivity contribution in [2.24, 2.45) is 0 Å². The lowest BCUT2D eigenvalue weighted by molar-refractivity contribution is 0.670. The normalized spacial score (nSPS) is 11.5. The Morgan fingerprint density at radius 2 is 0.810 bits per heavy atom. The minimum absolute atomic E-state index is 0.877. The molecule has 10 aromatic carbocycles. The highest BCUT2D eigenvalue weighted by atomic mass is 16.3. The fourth-order valence-corrected chi connectivity index (χ4v) is 9.65. The molecule has 0 aliphatic rings. The third kappa shape index (κ3) is 6.13. The Labute approximate surface area is 366 Å². The third-order valence-electron chi connectivity index (χ3n) is 12.4. The van der Waals surface area contributed by atoms with Crippen LogP contribution in [0.15, 0.2) is 247 Å². The van der Waals surface area contributed by atoms with Crippen LogP contribution in [0.2, 0.25) is 0 Å². The summed E-state index contributed by atoms with van der Waals surface area (Å²) in [5, 5.41) is 4.64. The lowest BCUT2D eigenvalue weighted by Gasteiger charge is -2.30. The molecule has 0 saturated carbocycles. The van der Waals surface area contributed by atoms with Crippen molar-refractivity contribution in [1.82, 2.24) is 4.57 Å². The summed E-state index contributed by atoms with van der Waals surface area (Å²) in [4.78, 5) is 2.46. The number of furan rings is 1. The fourth-order valence-electron chi connectivity index (χ4n) is 9.65. The monoisotopic (exact) mass is 804 g/mol. The fraction of sp³-hybridized carbons (Fsp3) is 0. The molecule has 0 radical (unpaired) electrons. The maximum absolute atomic E-state index is 6.72. The molecule has 0 fully saturated rings. The molecule has 296 valence electrons. The SMILES string of the molecule is c1ccc(-c2ccccc2-c2ccccc2-c2ccccc2N(c2ccc3c4ccccc4n(-c4ccccc4)c3c2)c2ccccc2-c2cccc3c2oc2ccccc23)cc1. The van der Waals surface area contributed by atoms with Crippen molar-refractivity contribution in [2.45, 2.75) is 0 Å². The number of rotatable bonds is 8. The van der Waals surface area contributed by atoms with Crippen molar-refractivity contribution < 1.29 is 4.42 Å². The summed E-state index contributed by atoms with van der Waals surface area (Å²) in [7, 11) is 0. The molecule has 2 heterocycles. The molecule has 0 bridgehead atoms. The lowest BCUT2D eigenvalue weighted by atomic mass is 9.88. The van der Waals surface area contributed by atoms with Crippen LogP contribution in [0.3, 0.4) is 0 Å². The van der Waals surface area contributed by atoms with Crippen molar-refractivity contribution in [3.8, 4) is 50.2 Å². The van der Waals surface area contributed by atoms with Crippen LogP contribution in [0.1, 0.15) is 0 Å². The summed E-state index contributed by atoms with van der Waals surface area (Å²) in [6.07, 6.45) is 0. The first-order valence-corrected chi connectivity index (χ1v) is 21.5. The van der Waals surface area contributed by atoms with Gasteiger partial charge in [-0.2, -0.15) is 0 Å². The van der Waals surface area contributed by atoms with E-state index in [1.165, 1.54) is 38.5 Å². The second-order valence-electron chi connectivity index (χ2n) is 16.0. The molecule has 3 nitrogen and oxygen atoms in total. The van der Waals surface area contributed by atoms with Gasteiger partial charge < -0.3 is 13.9 Å². The van der Waals surface area contributed by atoms with Gasteiger partial charge in [0.25, 0.3) is 0 Å². The minimum atomic E-state index is 0.877. The summed E-state index contributed by atoms with van der Waals surface area (Å²) in [5.74, 6) is 0. The Morgan fingerprint density at radius 1 is 0.317 bits per heavy atom. The molecule has 0 aliphatic carbocycles. The predicted octanol–water partition coefficient (Wildman–Crippen LogP) is 16.8. The van der Waals surface area contributed by atoms with Gasteiger partial charge in [-0.3, -0.25) is 0 Å². The largest absolute Gasteiger partial charge is 0.455 e. The molecule has 0 spiro atoms. The van der Waals surface area contributed by atoms with E-state index in [9.17, 15) is 0 Å². The Kier molecular flexibility index (Phi) is 8.83. The first-order valence-electron chi connectivity index (χ1n) is 21.5. The molecule has 12 rings (SSSR count). The van der Waals surface area contributed by atoms with Gasteiger partial charge in [0.1, 0.15) is 11.2 Å². The minimum Gasteiger partial charge on any atom is -0.455 e. The number of nitrogens with zero attached hydrogens (tertiary/aromatic N) is 2. The van der Waals surface area contributed by atoms with Crippen LogP contribution in [0.25, 0.3) is 93.9 Å². The number of fused-ring (bicyclic) bond motifs is 6. The quantitative estimate of drug-likeness (QED) is 0.153. The third-order valence-corrected chi connectivity index (χ3v) is 12.4. The van der Waals surface area contributed by atoms with Gasteiger partial charge in [-0.15, -0.1) is 0 Å². The zero-order valence-corrected chi connectivity index (χ0v) is 34.4. The summed E-state index contributed by atoms with van der Waals surface area (Å²) in [6.45, 7) is 0. The van der Waals surface area contributed by atoms with Crippen LogP contribution in [0.5, 0.6) is 0 Å². The van der Waals surface area contributed by atoms with Crippen molar-refractivity contribution in [3.05, 3.63) is 243 Å². The highest BCUT2D eigenvalue weighted by Crippen LogP contribution is 2.49. The molecule has 63 heavy (non-hydrogen) atoms. The zero-order chi connectivity index (χ0) is 41.7. The smallest absolute Gasteiger partial charge is 0.143 e. The molecule has 3 heteroatoms. The van der Waals surface area contributed by atoms with Gasteiger partial charge in [-0.1, -0.05) is 194 Å². The van der Waals surface area contributed by atoms with Crippen LogP contribution in [0, 0.1) is 0 Å². The molecule has 0 unspecified atom stereocenters. The first kappa shape index (κ1) is 36.5. The van der Waals surface area contributed by atoms with Gasteiger partial charge >= 0.3 is 0 Å². The van der Waals surface area contributed by atoms with Crippen LogP contribution in [-0.2, 0) is 0 Å². The van der Waals surface area contributed by atoms with E-state index in [-0.39, 0.29) is 0 Å². The highest BCUT2D eigenvalue weighted by Gasteiger charge is 2.25. The van der Waals surface area contributed by atoms with Gasteiger partial charge in [0.15, 0.2) is 0 Å². The summed E-state index contributed by atoms with van der Waals surface area (Å²) in [6, 6.07) is 87.2. The van der Waals surface area contributed by atoms with Crippen molar-refractivity contribution >= 4 is 60.8 Å². The van der Waals surface area contributed by atoms with E-state index < -0.39 is 0 Å². The van der Waals surface area contributed by atoms with Gasteiger partial charge in [0, 0.05) is 49.6 Å². The van der Waals surface area contributed by atoms with E-state index in [1.807, 2.05) is 6.07 Å². The molecular weight excluding hydrogens is 765 g/mol. The molecule has 0 amide bonds. The number of anilines is 3. The summed E-state index contributed by atoms with van der Waals surface area (Å²) in [5.41, 5.74) is 17.5. The predicted molar refractivity (Wildman–Crippen MR) is 264 cm³/mol. The van der Waals surface area contributed by atoms with Gasteiger partial charge in [-0.05, 0) is 76.3 Å². The topological polar surface area (TPSA) is 21.3 Å². The van der Waals surface area contributed by atoms with Crippen LogP contribution >= 0.6 is 0 Å². The van der Waals surface area contributed by atoms with E-state index in [4.69, 9.17) is 4.42 Å². The molecule has 0 N–H and O–H groups in total. The first-order chi connectivity index (χ1) is 31.3. The average Bonchev–Trinajstić information content (AvgIpc) is 3.91. The number of aromatic nitrogens is 1. The molecule has 0 atom stereocenters. The zero-order valence-electron chi connectivity index (χ0n) is 34.4. The number of hydrogen-bond acceptors (Lipinski definition) is 2. The standard InChI is InChI=1S/C60H40N2O/c1-3-20-41(21-4-1)44-24-7-8-25-45(44)46-26-9-10-27-47(46)48-28-11-15-34-55(48)62(43-38-39-51-49-29-12-16-35-56(49)61(58(51)40-43)42-22-5-2-6-23-42)57-36-17-13-30-50(57)53-32-19-33-54-52-31-14-18-37-59(52)63-60(53)54/h1-40H. The van der Waals surface area contributed by atoms with Gasteiger partial charge in [0.2, 0.25) is 0 Å². The maximum atomic E-state index is 6.72. The van der Waals surface area contributed by atoms with Crippen molar-refractivity contribution in [3.63, 3.8) is 0 Å². The van der Waals surface area contributed by atoms with Gasteiger partial charge in [-0.25, -0.2) is 0 Å². The highest BCUT2D eigenvalue weighted by molar-refractivity contribution is 6.13. The molecule has 12 aromatic rings. The molecular formula is C60H40N2O. The second-order valence-corrected chi connectivity index (χ2v) is 16.0. The van der Waals surface area contributed by atoms with E-state index in [1.54, 1.807) is 0 Å². The lowest BCUT2D eigenvalue weighted by Crippen LogP contribution is -2.13. The van der Waals surface area contributed by atoms with Crippen LogP contribution in [0.4, 0.5) is 17.1 Å². The van der Waals surface area contributed by atoms with E-state index in [0.717, 1.165) is 72.5 Å². The van der Waals surface area contributed by atoms with Crippen LogP contribution < -0.4 is 4.90 Å². The maximum Gasteiger partial charge on any atom is 0.143 e. The Bertz CT molecular complexity index is 3640. The van der Waals surface area contributed by atoms with E-state index in [2.05, 4.69) is 246 Å². The summed E-state index contributed by atoms with van der Waals surface area (Å²) >= 11 is 0. The number of benzene rings is 10. The number of hydrogen-bond donors (Lipinski definition) is 0. The average molecular weight is 805 g/mol. The molecule has 0 saturated heterocycles. The second kappa shape index (κ2) is 15.3. The Balaban J connectivity index is 1.14. The molecule has 2 aromatic heterocycles. The number of para-hydroxylation sites is 6.